The van der Waals surface area contributed by atoms with Gasteiger partial charge in [-0.25, -0.2) is 0 Å². The summed E-state index contributed by atoms with van der Waals surface area (Å²) in [4.78, 5) is 0. The molecule has 66 valence electrons. The molecule has 1 aliphatic heterocycles. The van der Waals surface area contributed by atoms with Gasteiger partial charge in [-0.1, -0.05) is 0 Å². The van der Waals surface area contributed by atoms with Crippen LogP contribution >= 0.6 is 11.8 Å². The topological polar surface area (TPSA) is 75.9 Å². The Balaban J connectivity index is 2.16. The van der Waals surface area contributed by atoms with Crippen LogP contribution in [0.15, 0.2) is 11.0 Å². The zero-order chi connectivity index (χ0) is 8.93. The van der Waals surface area contributed by atoms with E-state index in [2.05, 4.69) is 0 Å². The third-order valence-corrected chi connectivity index (χ3v) is 4.45. The number of hydrogen-bond donors (Lipinski definition) is 3. The molecule has 1 saturated carbocycles. The monoisotopic (exact) mass is 183 g/mol. The fraction of sp³-hybridized carbons (Fsp3) is 0.625. The van der Waals surface area contributed by atoms with Crippen molar-refractivity contribution in [3.8, 4) is 0 Å². The molecule has 12 heavy (non-hydrogen) atoms. The van der Waals surface area contributed by atoms with Crippen molar-refractivity contribution in [2.75, 3.05) is 0 Å². The summed E-state index contributed by atoms with van der Waals surface area (Å²) in [5.74, 6) is 0.674. The quantitative estimate of drug-likeness (QED) is 0.435. The predicted octanol–water partition coefficient (Wildman–Crippen LogP) is 0.659. The van der Waals surface area contributed by atoms with E-state index in [0.717, 1.165) is 12.0 Å². The first kappa shape index (κ1) is 8.13. The van der Waals surface area contributed by atoms with Crippen molar-refractivity contribution in [3.05, 3.63) is 11.0 Å². The van der Waals surface area contributed by atoms with Crippen molar-refractivity contribution < 1.29 is 0 Å². The lowest BCUT2D eigenvalue weighted by molar-refractivity contribution is 0.669. The molecule has 3 nitrogen and oxygen atoms in total. The second-order valence-corrected chi connectivity index (χ2v) is 4.84. The number of thioether (sulfide) groups is 1. The summed E-state index contributed by atoms with van der Waals surface area (Å²) in [7, 11) is 0. The van der Waals surface area contributed by atoms with Crippen LogP contribution in [0.3, 0.4) is 0 Å². The Morgan fingerprint density at radius 3 is 2.83 bits per heavy atom. The minimum Gasteiger partial charge on any atom is -0.384 e. The van der Waals surface area contributed by atoms with Crippen molar-refractivity contribution in [2.45, 2.75) is 24.1 Å². The molecule has 4 heteroatoms. The summed E-state index contributed by atoms with van der Waals surface area (Å²) in [6.07, 6.45) is 1.10. The maximum atomic E-state index is 7.33. The van der Waals surface area contributed by atoms with Crippen LogP contribution in [0.5, 0.6) is 0 Å². The van der Waals surface area contributed by atoms with Gasteiger partial charge in [0.15, 0.2) is 0 Å². The Kier molecular flexibility index (Phi) is 1.53. The minimum atomic E-state index is 0.195. The zero-order valence-electron chi connectivity index (χ0n) is 7.00. The van der Waals surface area contributed by atoms with Gasteiger partial charge in [0.2, 0.25) is 0 Å². The van der Waals surface area contributed by atoms with Gasteiger partial charge in [0.25, 0.3) is 0 Å². The number of rotatable bonds is 2. The van der Waals surface area contributed by atoms with Gasteiger partial charge in [-0.3, -0.25) is 5.41 Å². The normalized spacial score (nSPS) is 40.2. The SMILES string of the molecule is C[C@@H](N)C12CC1C(C(=N)N)=CS2. The highest BCUT2D eigenvalue weighted by molar-refractivity contribution is 8.04. The molecule has 0 amide bonds. The lowest BCUT2D eigenvalue weighted by atomic mass is 10.1. The van der Waals surface area contributed by atoms with Gasteiger partial charge in [0.05, 0.1) is 0 Å². The summed E-state index contributed by atoms with van der Waals surface area (Å²) in [6, 6.07) is 0.195. The molecule has 2 rings (SSSR count). The molecular formula is C8H13N3S. The van der Waals surface area contributed by atoms with Gasteiger partial charge in [-0.05, 0) is 18.8 Å². The lowest BCUT2D eigenvalue weighted by Gasteiger charge is -2.14. The molecule has 0 spiro atoms. The molecule has 1 fully saturated rings. The summed E-state index contributed by atoms with van der Waals surface area (Å²) in [5.41, 5.74) is 12.3. The van der Waals surface area contributed by atoms with Gasteiger partial charge < -0.3 is 11.5 Å². The molecule has 0 saturated heterocycles. The maximum Gasteiger partial charge on any atom is 0.119 e. The third kappa shape index (κ3) is 0.850. The largest absolute Gasteiger partial charge is 0.384 e. The van der Waals surface area contributed by atoms with E-state index in [-0.39, 0.29) is 16.6 Å². The van der Waals surface area contributed by atoms with E-state index in [1.165, 1.54) is 0 Å². The van der Waals surface area contributed by atoms with Crippen LogP contribution < -0.4 is 11.5 Å². The molecular weight excluding hydrogens is 170 g/mol. The highest BCUT2D eigenvalue weighted by Gasteiger charge is 2.61. The second kappa shape index (κ2) is 2.26. The van der Waals surface area contributed by atoms with Crippen LogP contribution in [0.2, 0.25) is 0 Å². The maximum absolute atomic E-state index is 7.33. The average molecular weight is 183 g/mol. The Hall–Kier alpha value is -0.480. The van der Waals surface area contributed by atoms with Crippen LogP contribution in [0.4, 0.5) is 0 Å². The first-order valence-corrected chi connectivity index (χ1v) is 4.94. The Morgan fingerprint density at radius 1 is 1.92 bits per heavy atom. The second-order valence-electron chi connectivity index (χ2n) is 3.61. The van der Waals surface area contributed by atoms with Gasteiger partial charge in [0.1, 0.15) is 5.84 Å². The molecule has 1 aliphatic carbocycles. The fourth-order valence-corrected chi connectivity index (χ4v) is 3.29. The van der Waals surface area contributed by atoms with Crippen LogP contribution in [-0.2, 0) is 0 Å². The smallest absolute Gasteiger partial charge is 0.119 e. The van der Waals surface area contributed by atoms with Gasteiger partial charge >= 0.3 is 0 Å². The highest BCUT2D eigenvalue weighted by Crippen LogP contribution is 2.64. The number of nitrogens with one attached hydrogen (secondary N) is 1. The first-order valence-electron chi connectivity index (χ1n) is 4.06. The van der Waals surface area contributed by atoms with Gasteiger partial charge in [0, 0.05) is 22.3 Å². The molecule has 0 aromatic rings. The fourth-order valence-electron chi connectivity index (χ4n) is 1.88. The van der Waals surface area contributed by atoms with Crippen molar-refractivity contribution in [3.63, 3.8) is 0 Å². The number of nitrogens with two attached hydrogens (primary N) is 2. The molecule has 0 bridgehead atoms. The van der Waals surface area contributed by atoms with Gasteiger partial charge in [-0.2, -0.15) is 0 Å². The Morgan fingerprint density at radius 2 is 2.58 bits per heavy atom. The minimum absolute atomic E-state index is 0.195. The van der Waals surface area contributed by atoms with Gasteiger partial charge in [-0.15, -0.1) is 11.8 Å². The zero-order valence-corrected chi connectivity index (χ0v) is 7.82. The molecule has 1 heterocycles. The molecule has 5 N–H and O–H groups in total. The van der Waals surface area contributed by atoms with Crippen LogP contribution in [0, 0.1) is 11.3 Å². The van der Waals surface area contributed by atoms with E-state index >= 15 is 0 Å². The van der Waals surface area contributed by atoms with Crippen LogP contribution in [0.25, 0.3) is 0 Å². The summed E-state index contributed by atoms with van der Waals surface area (Å²) >= 11 is 1.76. The van der Waals surface area contributed by atoms with Crippen LogP contribution in [-0.4, -0.2) is 16.6 Å². The average Bonchev–Trinajstić information content (AvgIpc) is 2.58. The van der Waals surface area contributed by atoms with E-state index in [4.69, 9.17) is 16.9 Å². The van der Waals surface area contributed by atoms with E-state index < -0.39 is 0 Å². The lowest BCUT2D eigenvalue weighted by Crippen LogP contribution is -2.31. The summed E-state index contributed by atoms with van der Waals surface area (Å²) < 4.78 is 0.195. The van der Waals surface area contributed by atoms with E-state index in [0.29, 0.717) is 5.92 Å². The molecule has 0 aromatic carbocycles. The standard InChI is InChI=1S/C8H13N3S/c1-4(9)8-2-6(8)5(3-12-8)7(10)11/h3-4,6H,2,9H2,1H3,(H3,10,11)/t4-,6?,8?/m1/s1. The van der Waals surface area contributed by atoms with E-state index in [1.54, 1.807) is 11.8 Å². The summed E-state index contributed by atoms with van der Waals surface area (Å²) in [5, 5.41) is 9.33. The number of amidine groups is 1. The predicted molar refractivity (Wildman–Crippen MR) is 52.1 cm³/mol. The van der Waals surface area contributed by atoms with E-state index in [9.17, 15) is 0 Å². The third-order valence-electron chi connectivity index (χ3n) is 2.82. The molecule has 0 aromatic heterocycles. The van der Waals surface area contributed by atoms with Crippen LogP contribution in [0.1, 0.15) is 13.3 Å². The molecule has 2 unspecified atom stereocenters. The number of fused-ring (bicyclic) bond motifs is 1. The Labute approximate surface area is 76.1 Å². The van der Waals surface area contributed by atoms with Crippen molar-refractivity contribution in [2.24, 2.45) is 17.4 Å². The molecule has 2 aliphatic rings. The summed E-state index contributed by atoms with van der Waals surface area (Å²) in [6.45, 7) is 2.03. The highest BCUT2D eigenvalue weighted by atomic mass is 32.2. The number of hydrogen-bond acceptors (Lipinski definition) is 3. The Bertz CT molecular complexity index is 271. The first-order chi connectivity index (χ1) is 5.58. The molecule has 0 radical (unpaired) electrons. The van der Waals surface area contributed by atoms with Crippen molar-refractivity contribution in [1.29, 1.82) is 5.41 Å². The molecule has 3 atom stereocenters. The van der Waals surface area contributed by atoms with Crippen molar-refractivity contribution in [1.82, 2.24) is 0 Å². The van der Waals surface area contributed by atoms with E-state index in [1.807, 2.05) is 12.3 Å². The van der Waals surface area contributed by atoms with Crippen molar-refractivity contribution >= 4 is 17.6 Å².